The summed E-state index contributed by atoms with van der Waals surface area (Å²) in [5.74, 6) is 2.34. The molecular weight excluding hydrogens is 318 g/mol. The number of benzene rings is 2. The van der Waals surface area contributed by atoms with Crippen LogP contribution in [0.1, 0.15) is 18.4 Å². The third-order valence-electron chi connectivity index (χ3n) is 3.95. The first kappa shape index (κ1) is 16.8. The minimum Gasteiger partial charge on any atom is -0.497 e. The highest BCUT2D eigenvalue weighted by molar-refractivity contribution is 5.65. The molecule has 0 atom stereocenters. The van der Waals surface area contributed by atoms with Crippen LogP contribution in [0, 0.1) is 0 Å². The predicted octanol–water partition coefficient (Wildman–Crippen LogP) is 3.93. The summed E-state index contributed by atoms with van der Waals surface area (Å²) in [6.07, 6.45) is 0.960. The molecule has 1 N–H and O–H groups in total. The van der Waals surface area contributed by atoms with Gasteiger partial charge in [0.25, 0.3) is 0 Å². The molecule has 0 saturated carbocycles. The van der Waals surface area contributed by atoms with Crippen molar-refractivity contribution in [3.63, 3.8) is 0 Å². The van der Waals surface area contributed by atoms with E-state index < -0.39 is 0 Å². The molecule has 0 amide bonds. The monoisotopic (exact) mass is 339 g/mol. The number of hydrogen-bond acceptors (Lipinski definition) is 6. The molecule has 3 rings (SSSR count). The van der Waals surface area contributed by atoms with Gasteiger partial charge in [0.05, 0.1) is 26.3 Å². The summed E-state index contributed by atoms with van der Waals surface area (Å²) in [7, 11) is 3.21. The summed E-state index contributed by atoms with van der Waals surface area (Å²) in [5, 5.41) is 7.40. The third-order valence-corrected chi connectivity index (χ3v) is 3.95. The molecule has 0 saturated heterocycles. The molecule has 3 aromatic rings. The van der Waals surface area contributed by atoms with Crippen molar-refractivity contribution >= 4 is 5.69 Å². The zero-order chi connectivity index (χ0) is 17.6. The van der Waals surface area contributed by atoms with Crippen molar-refractivity contribution in [3.05, 3.63) is 53.9 Å². The normalized spacial score (nSPS) is 10.5. The number of aryl methyl sites for hydroxylation is 1. The Kier molecular flexibility index (Phi) is 5.18. The van der Waals surface area contributed by atoms with Crippen LogP contribution in [0.3, 0.4) is 0 Å². The molecule has 0 radical (unpaired) electrons. The van der Waals surface area contributed by atoms with Gasteiger partial charge in [-0.3, -0.25) is 0 Å². The summed E-state index contributed by atoms with van der Waals surface area (Å²) in [4.78, 5) is 4.45. The van der Waals surface area contributed by atoms with E-state index in [0.29, 0.717) is 29.8 Å². The molecule has 1 heterocycles. The average Bonchev–Trinajstić information content (AvgIpc) is 3.14. The molecule has 0 aliphatic heterocycles. The second-order valence-electron chi connectivity index (χ2n) is 5.44. The Morgan fingerprint density at radius 3 is 2.68 bits per heavy atom. The predicted molar refractivity (Wildman–Crippen MR) is 96.0 cm³/mol. The van der Waals surface area contributed by atoms with Crippen molar-refractivity contribution in [3.8, 4) is 22.9 Å². The molecule has 130 valence electrons. The molecule has 6 nitrogen and oxygen atoms in total. The van der Waals surface area contributed by atoms with Crippen molar-refractivity contribution in [2.75, 3.05) is 19.5 Å². The van der Waals surface area contributed by atoms with Crippen molar-refractivity contribution in [1.82, 2.24) is 10.1 Å². The Morgan fingerprint density at radius 2 is 1.92 bits per heavy atom. The number of aromatic nitrogens is 2. The molecular formula is C19H21N3O3. The Balaban J connectivity index is 1.77. The first-order chi connectivity index (χ1) is 12.2. The van der Waals surface area contributed by atoms with Gasteiger partial charge < -0.3 is 19.3 Å². The topological polar surface area (TPSA) is 69.4 Å². The Hall–Kier alpha value is -3.02. The van der Waals surface area contributed by atoms with Crippen molar-refractivity contribution < 1.29 is 14.0 Å². The lowest BCUT2D eigenvalue weighted by molar-refractivity contribution is 0.382. The highest BCUT2D eigenvalue weighted by atomic mass is 16.5. The molecule has 25 heavy (non-hydrogen) atoms. The van der Waals surface area contributed by atoms with Crippen molar-refractivity contribution in [2.45, 2.75) is 19.9 Å². The van der Waals surface area contributed by atoms with E-state index in [1.165, 1.54) is 5.56 Å². The molecule has 0 aliphatic carbocycles. The molecule has 1 aromatic heterocycles. The molecule has 0 bridgehead atoms. The van der Waals surface area contributed by atoms with E-state index in [1.807, 2.05) is 30.3 Å². The standard InChI is InChI=1S/C19H21N3O3/c1-4-13-7-5-6-8-16(13)20-12-18-21-19(22-25-18)15-10-9-14(23-2)11-17(15)24-3/h5-11,20H,4,12H2,1-3H3. The smallest absolute Gasteiger partial charge is 0.246 e. The van der Waals surface area contributed by atoms with Crippen LogP contribution in [0.25, 0.3) is 11.4 Å². The number of ether oxygens (including phenoxy) is 2. The molecule has 0 unspecified atom stereocenters. The van der Waals surface area contributed by atoms with Crippen LogP contribution < -0.4 is 14.8 Å². The average molecular weight is 339 g/mol. The second-order valence-corrected chi connectivity index (χ2v) is 5.44. The van der Waals surface area contributed by atoms with E-state index in [1.54, 1.807) is 20.3 Å². The maximum absolute atomic E-state index is 5.39. The first-order valence-corrected chi connectivity index (χ1v) is 8.12. The molecule has 0 spiro atoms. The van der Waals surface area contributed by atoms with Gasteiger partial charge in [-0.2, -0.15) is 4.98 Å². The molecule has 2 aromatic carbocycles. The van der Waals surface area contributed by atoms with Crippen LogP contribution in [0.2, 0.25) is 0 Å². The van der Waals surface area contributed by atoms with E-state index in [-0.39, 0.29) is 0 Å². The lowest BCUT2D eigenvalue weighted by Crippen LogP contribution is -2.02. The summed E-state index contributed by atoms with van der Waals surface area (Å²) in [6, 6.07) is 13.7. The maximum atomic E-state index is 5.39. The minimum absolute atomic E-state index is 0.461. The number of methoxy groups -OCH3 is 2. The number of hydrogen-bond donors (Lipinski definition) is 1. The van der Waals surface area contributed by atoms with Crippen LogP contribution >= 0.6 is 0 Å². The number of nitrogens with zero attached hydrogens (tertiary/aromatic N) is 2. The van der Waals surface area contributed by atoms with Gasteiger partial charge in [-0.05, 0) is 30.2 Å². The Labute approximate surface area is 146 Å². The molecule has 0 fully saturated rings. The van der Waals surface area contributed by atoms with Crippen molar-refractivity contribution in [1.29, 1.82) is 0 Å². The van der Waals surface area contributed by atoms with Crippen LogP contribution in [-0.4, -0.2) is 24.4 Å². The van der Waals surface area contributed by atoms with Crippen LogP contribution in [0.5, 0.6) is 11.5 Å². The van der Waals surface area contributed by atoms with Gasteiger partial charge in [0.1, 0.15) is 11.5 Å². The number of anilines is 1. The lowest BCUT2D eigenvalue weighted by Gasteiger charge is -2.08. The van der Waals surface area contributed by atoms with E-state index in [4.69, 9.17) is 14.0 Å². The van der Waals surface area contributed by atoms with Gasteiger partial charge in [-0.25, -0.2) is 0 Å². The zero-order valence-electron chi connectivity index (χ0n) is 14.6. The van der Waals surface area contributed by atoms with Crippen LogP contribution in [0.4, 0.5) is 5.69 Å². The Morgan fingerprint density at radius 1 is 1.08 bits per heavy atom. The first-order valence-electron chi connectivity index (χ1n) is 8.12. The van der Waals surface area contributed by atoms with E-state index in [2.05, 4.69) is 28.4 Å². The van der Waals surface area contributed by atoms with E-state index >= 15 is 0 Å². The van der Waals surface area contributed by atoms with Crippen molar-refractivity contribution in [2.24, 2.45) is 0 Å². The summed E-state index contributed by atoms with van der Waals surface area (Å²) < 4.78 is 16.0. The van der Waals surface area contributed by atoms with Gasteiger partial charge in [0.2, 0.25) is 11.7 Å². The van der Waals surface area contributed by atoms with Crippen LogP contribution in [0.15, 0.2) is 47.0 Å². The molecule has 6 heteroatoms. The van der Waals surface area contributed by atoms with Gasteiger partial charge in [0.15, 0.2) is 0 Å². The van der Waals surface area contributed by atoms with Gasteiger partial charge in [-0.1, -0.05) is 30.3 Å². The SMILES string of the molecule is CCc1ccccc1NCc1nc(-c2ccc(OC)cc2OC)no1. The fraction of sp³-hybridized carbons (Fsp3) is 0.263. The quantitative estimate of drug-likeness (QED) is 0.703. The largest absolute Gasteiger partial charge is 0.497 e. The van der Waals surface area contributed by atoms with E-state index in [9.17, 15) is 0 Å². The van der Waals surface area contributed by atoms with Crippen LogP contribution in [-0.2, 0) is 13.0 Å². The molecule has 0 aliphatic rings. The Bertz CT molecular complexity index is 845. The zero-order valence-corrected chi connectivity index (χ0v) is 14.6. The van der Waals surface area contributed by atoms with Gasteiger partial charge in [-0.15, -0.1) is 0 Å². The highest BCUT2D eigenvalue weighted by Crippen LogP contribution is 2.31. The number of nitrogens with one attached hydrogen (secondary N) is 1. The van der Waals surface area contributed by atoms with Gasteiger partial charge >= 0.3 is 0 Å². The maximum Gasteiger partial charge on any atom is 0.246 e. The number of rotatable bonds is 7. The third kappa shape index (κ3) is 3.74. The summed E-state index contributed by atoms with van der Waals surface area (Å²) >= 11 is 0. The minimum atomic E-state index is 0.461. The van der Waals surface area contributed by atoms with Gasteiger partial charge in [0, 0.05) is 11.8 Å². The lowest BCUT2D eigenvalue weighted by atomic mass is 10.1. The van der Waals surface area contributed by atoms with E-state index in [0.717, 1.165) is 17.7 Å². The fourth-order valence-corrected chi connectivity index (χ4v) is 2.59. The summed E-state index contributed by atoms with van der Waals surface area (Å²) in [5.41, 5.74) is 3.08. The highest BCUT2D eigenvalue weighted by Gasteiger charge is 2.14. The second kappa shape index (κ2) is 7.70. The fourth-order valence-electron chi connectivity index (χ4n) is 2.59. The number of para-hydroxylation sites is 1. The summed E-state index contributed by atoms with van der Waals surface area (Å²) in [6.45, 7) is 2.59.